The molecule has 1 aromatic heterocycles. The van der Waals surface area contributed by atoms with Gasteiger partial charge >= 0.3 is 0 Å². The summed E-state index contributed by atoms with van der Waals surface area (Å²) in [4.78, 5) is 0. The van der Waals surface area contributed by atoms with Gasteiger partial charge in [-0.2, -0.15) is 5.10 Å². The van der Waals surface area contributed by atoms with Gasteiger partial charge in [-0.15, -0.1) is 0 Å². The highest BCUT2D eigenvalue weighted by Gasteiger charge is 2.12. The molecule has 1 aromatic rings. The maximum Gasteiger partial charge on any atom is 0.147 e. The van der Waals surface area contributed by atoms with Crippen molar-refractivity contribution < 1.29 is 10.2 Å². The zero-order valence-electron chi connectivity index (χ0n) is 9.06. The van der Waals surface area contributed by atoms with Crippen LogP contribution in [0.3, 0.4) is 0 Å². The Balaban J connectivity index is 2.72. The van der Waals surface area contributed by atoms with E-state index in [0.29, 0.717) is 11.5 Å². The lowest BCUT2D eigenvalue weighted by molar-refractivity contribution is 0.105. The normalized spacial score (nSPS) is 12.8. The molecule has 15 heavy (non-hydrogen) atoms. The smallest absolute Gasteiger partial charge is 0.147 e. The van der Waals surface area contributed by atoms with Gasteiger partial charge in [0.2, 0.25) is 0 Å². The fourth-order valence-corrected chi connectivity index (χ4v) is 1.35. The Morgan fingerprint density at radius 3 is 2.73 bits per heavy atom. The number of aliphatic hydroxyl groups is 2. The van der Waals surface area contributed by atoms with Crippen molar-refractivity contribution in [3.63, 3.8) is 0 Å². The number of aryl methyl sites for hydroxylation is 2. The average Bonchev–Trinajstić information content (AvgIpc) is 2.51. The summed E-state index contributed by atoms with van der Waals surface area (Å²) in [5.74, 6) is 0.680. The molecule has 1 heterocycles. The minimum Gasteiger partial charge on any atom is -0.394 e. The summed E-state index contributed by atoms with van der Waals surface area (Å²) in [7, 11) is 1.78. The number of aromatic nitrogens is 2. The van der Waals surface area contributed by atoms with Gasteiger partial charge in [-0.25, -0.2) is 0 Å². The Morgan fingerprint density at radius 1 is 1.60 bits per heavy atom. The van der Waals surface area contributed by atoms with E-state index in [1.165, 1.54) is 0 Å². The largest absolute Gasteiger partial charge is 0.394 e. The van der Waals surface area contributed by atoms with Crippen LogP contribution in [-0.2, 0) is 13.5 Å². The molecule has 0 saturated heterocycles. The van der Waals surface area contributed by atoms with Gasteiger partial charge in [0.05, 0.1) is 24.1 Å². The van der Waals surface area contributed by atoms with Crippen LogP contribution >= 0.6 is 0 Å². The lowest BCUT2D eigenvalue weighted by atomic mass is 10.3. The lowest BCUT2D eigenvalue weighted by Crippen LogP contribution is -2.24. The third-order valence-corrected chi connectivity index (χ3v) is 2.21. The van der Waals surface area contributed by atoms with E-state index < -0.39 is 6.10 Å². The summed E-state index contributed by atoms with van der Waals surface area (Å²) >= 11 is 0. The van der Waals surface area contributed by atoms with Crippen molar-refractivity contribution in [2.24, 2.45) is 7.05 Å². The number of rotatable bonds is 5. The molecule has 0 radical (unpaired) electrons. The molecule has 0 spiro atoms. The van der Waals surface area contributed by atoms with Crippen molar-refractivity contribution in [1.82, 2.24) is 9.78 Å². The molecule has 0 amide bonds. The maximum atomic E-state index is 9.18. The van der Waals surface area contributed by atoms with Crippen LogP contribution in [-0.4, -0.2) is 39.2 Å². The molecule has 1 atom stereocenters. The average molecular weight is 214 g/mol. The van der Waals surface area contributed by atoms with Crippen molar-refractivity contribution in [1.29, 1.82) is 0 Å². The fraction of sp³-hybridized carbons (Fsp3) is 0.667. The fourth-order valence-electron chi connectivity index (χ4n) is 1.35. The summed E-state index contributed by atoms with van der Waals surface area (Å²) in [5.41, 5.74) is 7.29. The van der Waals surface area contributed by atoms with Crippen LogP contribution in [0.4, 0.5) is 11.5 Å². The van der Waals surface area contributed by atoms with Gasteiger partial charge in [-0.05, 0) is 6.42 Å². The van der Waals surface area contributed by atoms with Crippen LogP contribution in [0, 0.1) is 0 Å². The van der Waals surface area contributed by atoms with E-state index in [-0.39, 0.29) is 13.2 Å². The van der Waals surface area contributed by atoms with Gasteiger partial charge in [0.15, 0.2) is 0 Å². The van der Waals surface area contributed by atoms with E-state index in [9.17, 15) is 5.11 Å². The first-order chi connectivity index (χ1) is 7.10. The van der Waals surface area contributed by atoms with Crippen LogP contribution in [0.25, 0.3) is 0 Å². The highest BCUT2D eigenvalue weighted by molar-refractivity contribution is 5.65. The van der Waals surface area contributed by atoms with E-state index in [0.717, 1.165) is 12.1 Å². The van der Waals surface area contributed by atoms with Gasteiger partial charge in [-0.1, -0.05) is 6.92 Å². The number of nitrogens with one attached hydrogen (secondary N) is 1. The second-order valence-corrected chi connectivity index (χ2v) is 3.40. The van der Waals surface area contributed by atoms with E-state index >= 15 is 0 Å². The van der Waals surface area contributed by atoms with E-state index in [1.807, 2.05) is 6.92 Å². The van der Waals surface area contributed by atoms with E-state index in [4.69, 9.17) is 10.8 Å². The monoisotopic (exact) mass is 214 g/mol. The van der Waals surface area contributed by atoms with Crippen LogP contribution in [0.1, 0.15) is 12.6 Å². The van der Waals surface area contributed by atoms with Crippen LogP contribution in [0.2, 0.25) is 0 Å². The maximum absolute atomic E-state index is 9.18. The third kappa shape index (κ3) is 2.60. The summed E-state index contributed by atoms with van der Waals surface area (Å²) < 4.78 is 1.64. The second-order valence-electron chi connectivity index (χ2n) is 3.40. The predicted molar refractivity (Wildman–Crippen MR) is 58.6 cm³/mol. The van der Waals surface area contributed by atoms with Gasteiger partial charge in [-0.3, -0.25) is 4.68 Å². The zero-order chi connectivity index (χ0) is 11.4. The Hall–Kier alpha value is -1.27. The third-order valence-electron chi connectivity index (χ3n) is 2.21. The van der Waals surface area contributed by atoms with Crippen molar-refractivity contribution in [2.45, 2.75) is 19.4 Å². The molecule has 0 aromatic carbocycles. The number of hydrogen-bond donors (Lipinski definition) is 4. The Morgan fingerprint density at radius 2 is 2.27 bits per heavy atom. The quantitative estimate of drug-likeness (QED) is 0.521. The Bertz CT molecular complexity index is 324. The molecule has 86 valence electrons. The molecule has 5 N–H and O–H groups in total. The number of nitrogens with two attached hydrogens (primary N) is 1. The van der Waals surface area contributed by atoms with Crippen molar-refractivity contribution in [3.8, 4) is 0 Å². The molecule has 6 heteroatoms. The van der Waals surface area contributed by atoms with Crippen molar-refractivity contribution in [3.05, 3.63) is 5.69 Å². The topological polar surface area (TPSA) is 96.3 Å². The SMILES string of the molecule is CCc1nn(C)c(NCC(O)CO)c1N. The molecule has 0 bridgehead atoms. The minimum absolute atomic E-state index is 0.253. The molecule has 0 aliphatic heterocycles. The first-order valence-corrected chi connectivity index (χ1v) is 4.94. The molecular formula is C9H18N4O2. The van der Waals surface area contributed by atoms with E-state index in [2.05, 4.69) is 10.4 Å². The van der Waals surface area contributed by atoms with Crippen molar-refractivity contribution >= 4 is 11.5 Å². The van der Waals surface area contributed by atoms with E-state index in [1.54, 1.807) is 11.7 Å². The molecule has 0 aliphatic rings. The number of nitrogens with zero attached hydrogens (tertiary/aromatic N) is 2. The molecular weight excluding hydrogens is 196 g/mol. The standard InChI is InChI=1S/C9H18N4O2/c1-3-7-8(10)9(13(2)12-7)11-4-6(15)5-14/h6,11,14-15H,3-5,10H2,1-2H3. The predicted octanol–water partition coefficient (Wildman–Crippen LogP) is -0.670. The molecule has 6 nitrogen and oxygen atoms in total. The van der Waals surface area contributed by atoms with Crippen LogP contribution < -0.4 is 11.1 Å². The molecule has 1 unspecified atom stereocenters. The molecule has 0 aliphatic carbocycles. The van der Waals surface area contributed by atoms with Gasteiger partial charge in [0.25, 0.3) is 0 Å². The van der Waals surface area contributed by atoms with Gasteiger partial charge < -0.3 is 21.3 Å². The van der Waals surface area contributed by atoms with Gasteiger partial charge in [0, 0.05) is 13.6 Å². The van der Waals surface area contributed by atoms with Crippen molar-refractivity contribution in [2.75, 3.05) is 24.2 Å². The summed E-state index contributed by atoms with van der Waals surface area (Å²) in [5, 5.41) is 25.0. The Kier molecular flexibility index (Phi) is 3.93. The highest BCUT2D eigenvalue weighted by atomic mass is 16.3. The number of hydrogen-bond acceptors (Lipinski definition) is 5. The van der Waals surface area contributed by atoms with Gasteiger partial charge in [0.1, 0.15) is 5.82 Å². The lowest BCUT2D eigenvalue weighted by Gasteiger charge is -2.10. The number of aliphatic hydroxyl groups excluding tert-OH is 2. The van der Waals surface area contributed by atoms with Crippen LogP contribution in [0.15, 0.2) is 0 Å². The second kappa shape index (κ2) is 4.99. The molecule has 0 saturated carbocycles. The number of nitrogen functional groups attached to an aromatic ring is 1. The summed E-state index contributed by atoms with van der Waals surface area (Å²) in [6.45, 7) is 1.96. The number of anilines is 2. The minimum atomic E-state index is -0.788. The molecule has 0 fully saturated rings. The summed E-state index contributed by atoms with van der Waals surface area (Å²) in [6.07, 6.45) is -0.0198. The zero-order valence-corrected chi connectivity index (χ0v) is 9.06. The molecule has 1 rings (SSSR count). The Labute approximate surface area is 88.7 Å². The first kappa shape index (κ1) is 11.8. The van der Waals surface area contributed by atoms with Crippen LogP contribution in [0.5, 0.6) is 0 Å². The summed E-state index contributed by atoms with van der Waals surface area (Å²) in [6, 6.07) is 0. The first-order valence-electron chi connectivity index (χ1n) is 4.94. The highest BCUT2D eigenvalue weighted by Crippen LogP contribution is 2.21.